The van der Waals surface area contributed by atoms with Gasteiger partial charge in [0.2, 0.25) is 0 Å². The summed E-state index contributed by atoms with van der Waals surface area (Å²) in [6, 6.07) is 10.8. The Morgan fingerprint density at radius 2 is 1.83 bits per heavy atom. The molecule has 1 aromatic carbocycles. The van der Waals surface area contributed by atoms with E-state index in [0.717, 1.165) is 6.54 Å². The highest BCUT2D eigenvalue weighted by Gasteiger charge is 2.28. The van der Waals surface area contributed by atoms with Gasteiger partial charge in [-0.1, -0.05) is 29.8 Å². The molecule has 0 N–H and O–H groups in total. The van der Waals surface area contributed by atoms with Crippen LogP contribution in [0.15, 0.2) is 46.0 Å². The molecule has 2 heterocycles. The average Bonchev–Trinajstić information content (AvgIpc) is 3.12. The molecule has 3 rings (SSSR count). The van der Waals surface area contributed by atoms with Gasteiger partial charge in [0.15, 0.2) is 0 Å². The van der Waals surface area contributed by atoms with Gasteiger partial charge in [0.1, 0.15) is 16.6 Å². The minimum Gasteiger partial charge on any atom is -0.491 e. The number of piperazine rings is 1. The number of thiophene rings is 1. The highest BCUT2D eigenvalue weighted by molar-refractivity contribution is 7.91. The van der Waals surface area contributed by atoms with E-state index >= 15 is 0 Å². The van der Waals surface area contributed by atoms with E-state index in [1.165, 1.54) is 11.3 Å². The van der Waals surface area contributed by atoms with E-state index in [1.54, 1.807) is 27.9 Å². The first kappa shape index (κ1) is 17.7. The fourth-order valence-corrected chi connectivity index (χ4v) is 5.33. The number of halogens is 1. The van der Waals surface area contributed by atoms with Crippen molar-refractivity contribution in [2.75, 3.05) is 39.3 Å². The molecule has 0 radical (unpaired) electrons. The van der Waals surface area contributed by atoms with Crippen LogP contribution in [0.5, 0.6) is 5.75 Å². The second kappa shape index (κ2) is 7.84. The first-order valence-electron chi connectivity index (χ1n) is 7.71. The molecule has 8 heteroatoms. The molecule has 0 unspecified atom stereocenters. The number of para-hydroxylation sites is 1. The van der Waals surface area contributed by atoms with Gasteiger partial charge in [-0.3, -0.25) is 4.90 Å². The highest BCUT2D eigenvalue weighted by atomic mass is 35.5. The van der Waals surface area contributed by atoms with Gasteiger partial charge in [-0.05, 0) is 23.6 Å². The van der Waals surface area contributed by atoms with Crippen LogP contribution in [0.2, 0.25) is 5.02 Å². The van der Waals surface area contributed by atoms with Crippen LogP contribution in [0.25, 0.3) is 0 Å². The van der Waals surface area contributed by atoms with Crippen molar-refractivity contribution in [3.8, 4) is 5.75 Å². The second-order valence-corrected chi connectivity index (χ2v) is 8.98. The zero-order valence-electron chi connectivity index (χ0n) is 13.1. The van der Waals surface area contributed by atoms with Crippen LogP contribution >= 0.6 is 22.9 Å². The smallest absolute Gasteiger partial charge is 0.252 e. The van der Waals surface area contributed by atoms with Gasteiger partial charge >= 0.3 is 0 Å². The Hall–Kier alpha value is -1.12. The maximum absolute atomic E-state index is 12.5. The summed E-state index contributed by atoms with van der Waals surface area (Å²) >= 11 is 7.31. The quantitative estimate of drug-likeness (QED) is 0.766. The van der Waals surface area contributed by atoms with Gasteiger partial charge in [0, 0.05) is 32.7 Å². The molecule has 1 saturated heterocycles. The molecule has 0 spiro atoms. The second-order valence-electron chi connectivity index (χ2n) is 5.46. The Labute approximate surface area is 151 Å². The van der Waals surface area contributed by atoms with E-state index in [4.69, 9.17) is 16.3 Å². The van der Waals surface area contributed by atoms with Gasteiger partial charge in [0.25, 0.3) is 10.0 Å². The molecule has 5 nitrogen and oxygen atoms in total. The van der Waals surface area contributed by atoms with Gasteiger partial charge < -0.3 is 4.74 Å². The summed E-state index contributed by atoms with van der Waals surface area (Å²) in [5.41, 5.74) is 0. The van der Waals surface area contributed by atoms with Crippen LogP contribution in [0.4, 0.5) is 0 Å². The van der Waals surface area contributed by atoms with Crippen LogP contribution in [0.3, 0.4) is 0 Å². The molecule has 0 saturated carbocycles. The number of ether oxygens (including phenoxy) is 1. The molecule has 0 aliphatic carbocycles. The molecule has 0 bridgehead atoms. The highest BCUT2D eigenvalue weighted by Crippen LogP contribution is 2.23. The molecule has 1 aromatic heterocycles. The maximum atomic E-state index is 12.5. The Morgan fingerprint density at radius 1 is 1.08 bits per heavy atom. The normalized spacial score (nSPS) is 17.0. The van der Waals surface area contributed by atoms with E-state index in [-0.39, 0.29) is 0 Å². The molecular weight excluding hydrogens is 368 g/mol. The fourth-order valence-electron chi connectivity index (χ4n) is 2.58. The van der Waals surface area contributed by atoms with Crippen molar-refractivity contribution < 1.29 is 13.2 Å². The Bertz CT molecular complexity index is 757. The standard InChI is InChI=1S/C16H19ClN2O3S2/c17-14-4-1-2-5-15(14)22-12-11-18-7-9-19(10-8-18)24(20,21)16-6-3-13-23-16/h1-6,13H,7-12H2. The van der Waals surface area contributed by atoms with Crippen molar-refractivity contribution in [3.63, 3.8) is 0 Å². The Kier molecular flexibility index (Phi) is 5.78. The number of nitrogens with zero attached hydrogens (tertiary/aromatic N) is 2. The summed E-state index contributed by atoms with van der Waals surface area (Å²) in [6.07, 6.45) is 0. The number of benzene rings is 1. The zero-order chi connectivity index (χ0) is 17.0. The van der Waals surface area contributed by atoms with Crippen LogP contribution in [-0.4, -0.2) is 57.0 Å². The number of rotatable bonds is 6. The summed E-state index contributed by atoms with van der Waals surface area (Å²) in [6.45, 7) is 3.70. The Balaban J connectivity index is 1.47. The average molecular weight is 387 g/mol. The van der Waals surface area contributed by atoms with E-state index < -0.39 is 10.0 Å². The van der Waals surface area contributed by atoms with Crippen molar-refractivity contribution in [2.45, 2.75) is 4.21 Å². The molecule has 130 valence electrons. The van der Waals surface area contributed by atoms with Gasteiger partial charge in [-0.25, -0.2) is 8.42 Å². The predicted molar refractivity (Wildman–Crippen MR) is 96.5 cm³/mol. The minimum absolute atomic E-state index is 0.415. The molecule has 0 amide bonds. The molecular formula is C16H19ClN2O3S2. The molecule has 2 aromatic rings. The number of hydrogen-bond acceptors (Lipinski definition) is 5. The first-order valence-corrected chi connectivity index (χ1v) is 10.4. The minimum atomic E-state index is -3.33. The number of sulfonamides is 1. The van der Waals surface area contributed by atoms with Crippen LogP contribution in [-0.2, 0) is 10.0 Å². The van der Waals surface area contributed by atoms with Crippen molar-refractivity contribution in [3.05, 3.63) is 46.8 Å². The number of hydrogen-bond donors (Lipinski definition) is 0. The lowest BCUT2D eigenvalue weighted by molar-refractivity contribution is 0.159. The van der Waals surface area contributed by atoms with Crippen molar-refractivity contribution in [1.29, 1.82) is 0 Å². The maximum Gasteiger partial charge on any atom is 0.252 e. The first-order chi connectivity index (χ1) is 11.6. The van der Waals surface area contributed by atoms with Crippen molar-refractivity contribution in [2.24, 2.45) is 0 Å². The third kappa shape index (κ3) is 4.10. The van der Waals surface area contributed by atoms with Crippen molar-refractivity contribution in [1.82, 2.24) is 9.21 Å². The van der Waals surface area contributed by atoms with Gasteiger partial charge in [-0.15, -0.1) is 11.3 Å². The van der Waals surface area contributed by atoms with Gasteiger partial charge in [-0.2, -0.15) is 4.31 Å². The molecule has 24 heavy (non-hydrogen) atoms. The molecule has 1 aliphatic heterocycles. The summed E-state index contributed by atoms with van der Waals surface area (Å²) < 4.78 is 32.6. The predicted octanol–water partition coefficient (Wildman–Crippen LogP) is 2.79. The van der Waals surface area contributed by atoms with E-state index in [1.807, 2.05) is 18.2 Å². The van der Waals surface area contributed by atoms with Crippen molar-refractivity contribution >= 4 is 33.0 Å². The largest absolute Gasteiger partial charge is 0.491 e. The summed E-state index contributed by atoms with van der Waals surface area (Å²) in [5.74, 6) is 0.679. The molecule has 0 atom stereocenters. The molecule has 1 aliphatic rings. The molecule has 1 fully saturated rings. The third-order valence-corrected chi connectivity index (χ3v) is 7.51. The van der Waals surface area contributed by atoms with Gasteiger partial charge in [0.05, 0.1) is 5.02 Å². The van der Waals surface area contributed by atoms with E-state index in [9.17, 15) is 8.42 Å². The lowest BCUT2D eigenvalue weighted by Gasteiger charge is -2.33. The lowest BCUT2D eigenvalue weighted by atomic mass is 10.3. The third-order valence-electron chi connectivity index (χ3n) is 3.92. The van der Waals surface area contributed by atoms with Crippen LogP contribution in [0.1, 0.15) is 0 Å². The zero-order valence-corrected chi connectivity index (χ0v) is 15.5. The Morgan fingerprint density at radius 3 is 2.50 bits per heavy atom. The summed E-state index contributed by atoms with van der Waals surface area (Å²) in [5, 5.41) is 2.39. The van der Waals surface area contributed by atoms with Crippen LogP contribution < -0.4 is 4.74 Å². The topological polar surface area (TPSA) is 49.9 Å². The summed E-state index contributed by atoms with van der Waals surface area (Å²) in [4.78, 5) is 2.21. The lowest BCUT2D eigenvalue weighted by Crippen LogP contribution is -2.49. The van der Waals surface area contributed by atoms with E-state index in [2.05, 4.69) is 4.90 Å². The SMILES string of the molecule is O=S(=O)(c1cccs1)N1CCN(CCOc2ccccc2Cl)CC1. The van der Waals surface area contributed by atoms with E-state index in [0.29, 0.717) is 47.8 Å². The monoisotopic (exact) mass is 386 g/mol. The fraction of sp³-hybridized carbons (Fsp3) is 0.375. The summed E-state index contributed by atoms with van der Waals surface area (Å²) in [7, 11) is -3.33. The van der Waals surface area contributed by atoms with Crippen LogP contribution in [0, 0.1) is 0 Å².